The maximum atomic E-state index is 13.3. The van der Waals surface area contributed by atoms with E-state index in [4.69, 9.17) is 4.74 Å². The minimum Gasteiger partial charge on any atom is -0.377 e. The number of aromatic amines is 1. The molecule has 2 aromatic carbocycles. The molecule has 2 heterocycles. The average molecular weight is 431 g/mol. The zero-order chi connectivity index (χ0) is 21.3. The van der Waals surface area contributed by atoms with Crippen LogP contribution in [-0.2, 0) is 21.3 Å². The molecule has 0 radical (unpaired) electrons. The van der Waals surface area contributed by atoms with E-state index >= 15 is 0 Å². The smallest absolute Gasteiger partial charge is 0.252 e. The molecule has 1 fully saturated rings. The van der Waals surface area contributed by atoms with Gasteiger partial charge in [-0.25, -0.2) is 12.8 Å². The van der Waals surface area contributed by atoms with Crippen LogP contribution in [0.4, 0.5) is 4.39 Å². The number of benzene rings is 2. The van der Waals surface area contributed by atoms with Gasteiger partial charge in [-0.3, -0.25) is 4.79 Å². The summed E-state index contributed by atoms with van der Waals surface area (Å²) < 4.78 is 46.8. The molecule has 3 aromatic rings. The maximum Gasteiger partial charge on any atom is 0.252 e. The molecule has 0 aliphatic carbocycles. The van der Waals surface area contributed by atoms with E-state index in [-0.39, 0.29) is 29.6 Å². The van der Waals surface area contributed by atoms with Crippen molar-refractivity contribution < 1.29 is 17.5 Å². The second kappa shape index (κ2) is 8.29. The number of H-pyrrole nitrogens is 1. The number of hydrogen-bond donors (Lipinski definition) is 1. The van der Waals surface area contributed by atoms with Gasteiger partial charge in [-0.1, -0.05) is 11.6 Å². The molecule has 158 valence electrons. The third-order valence-corrected chi connectivity index (χ3v) is 7.13. The van der Waals surface area contributed by atoms with Crippen molar-refractivity contribution in [2.75, 3.05) is 13.2 Å². The summed E-state index contributed by atoms with van der Waals surface area (Å²) in [5, 5.41) is 0.834. The summed E-state index contributed by atoms with van der Waals surface area (Å²) in [6, 6.07) is 12.1. The zero-order valence-corrected chi connectivity index (χ0v) is 17.4. The first-order valence-corrected chi connectivity index (χ1v) is 11.3. The minimum absolute atomic E-state index is 0.0186. The number of fused-ring (bicyclic) bond motifs is 1. The second-order valence-corrected chi connectivity index (χ2v) is 9.54. The first-order chi connectivity index (χ1) is 14.3. The molecule has 1 aliphatic heterocycles. The van der Waals surface area contributed by atoms with Crippen molar-refractivity contribution in [3.05, 3.63) is 75.8 Å². The van der Waals surface area contributed by atoms with Gasteiger partial charge in [0.25, 0.3) is 5.56 Å². The lowest BCUT2D eigenvalue weighted by Crippen LogP contribution is -2.38. The Bertz CT molecular complexity index is 1220. The quantitative estimate of drug-likeness (QED) is 0.651. The maximum absolute atomic E-state index is 13.3. The zero-order valence-electron chi connectivity index (χ0n) is 16.6. The van der Waals surface area contributed by atoms with Crippen LogP contribution in [-0.4, -0.2) is 37.0 Å². The molecular formula is C22H23FN2O4S. The largest absolute Gasteiger partial charge is 0.377 e. The molecule has 4 rings (SSSR count). The molecule has 8 heteroatoms. The number of ether oxygens (including phenoxy) is 1. The van der Waals surface area contributed by atoms with Crippen LogP contribution in [0.1, 0.15) is 24.0 Å². The molecule has 0 bridgehead atoms. The highest BCUT2D eigenvalue weighted by Gasteiger charge is 2.30. The summed E-state index contributed by atoms with van der Waals surface area (Å²) in [6.07, 6.45) is 1.38. The van der Waals surface area contributed by atoms with Crippen LogP contribution in [0.25, 0.3) is 10.9 Å². The molecular weight excluding hydrogens is 407 g/mol. The highest BCUT2D eigenvalue weighted by molar-refractivity contribution is 7.89. The van der Waals surface area contributed by atoms with Gasteiger partial charge in [0.1, 0.15) is 5.82 Å². The molecule has 1 aliphatic rings. The summed E-state index contributed by atoms with van der Waals surface area (Å²) in [6.45, 7) is 2.57. The molecule has 1 atom stereocenters. The SMILES string of the molecule is Cc1ccc2[nH]c(=O)c(CN(CC3CCCO3)S(=O)(=O)c3ccc(F)cc3)cc2c1. The normalized spacial score (nSPS) is 17.1. The lowest BCUT2D eigenvalue weighted by molar-refractivity contribution is 0.0925. The van der Waals surface area contributed by atoms with E-state index in [0.717, 1.165) is 35.9 Å². The number of nitrogens with one attached hydrogen (secondary N) is 1. The fourth-order valence-corrected chi connectivity index (χ4v) is 5.15. The van der Waals surface area contributed by atoms with E-state index in [1.807, 2.05) is 25.1 Å². The summed E-state index contributed by atoms with van der Waals surface area (Å²) in [4.78, 5) is 15.4. The third-order valence-electron chi connectivity index (χ3n) is 5.31. The van der Waals surface area contributed by atoms with Crippen molar-refractivity contribution in [1.29, 1.82) is 0 Å². The number of rotatable bonds is 6. The number of aryl methyl sites for hydroxylation is 1. The van der Waals surface area contributed by atoms with Crippen LogP contribution in [0.5, 0.6) is 0 Å². The first kappa shape index (κ1) is 20.7. The van der Waals surface area contributed by atoms with Crippen LogP contribution in [0.3, 0.4) is 0 Å². The lowest BCUT2D eigenvalue weighted by atomic mass is 10.1. The standard InChI is InChI=1S/C22H23FN2O4S/c1-15-4-9-21-16(11-15)12-17(22(26)24-21)13-25(14-19-3-2-10-29-19)30(27,28)20-7-5-18(23)6-8-20/h4-9,11-12,19H,2-3,10,13-14H2,1H3,(H,24,26). The number of sulfonamides is 1. The van der Waals surface area contributed by atoms with E-state index in [1.165, 1.54) is 16.4 Å². The second-order valence-electron chi connectivity index (χ2n) is 7.60. The van der Waals surface area contributed by atoms with Crippen LogP contribution in [0.2, 0.25) is 0 Å². The van der Waals surface area contributed by atoms with Gasteiger partial charge in [0.15, 0.2) is 0 Å². The Morgan fingerprint density at radius 3 is 2.63 bits per heavy atom. The molecule has 6 nitrogen and oxygen atoms in total. The number of hydrogen-bond acceptors (Lipinski definition) is 4. The highest BCUT2D eigenvalue weighted by atomic mass is 32.2. The Hall–Kier alpha value is -2.55. The summed E-state index contributed by atoms with van der Waals surface area (Å²) >= 11 is 0. The molecule has 1 saturated heterocycles. The number of aromatic nitrogens is 1. The van der Waals surface area contributed by atoms with Crippen molar-refractivity contribution in [3.63, 3.8) is 0 Å². The molecule has 1 unspecified atom stereocenters. The van der Waals surface area contributed by atoms with E-state index in [2.05, 4.69) is 4.98 Å². The number of nitrogens with zero attached hydrogens (tertiary/aromatic N) is 1. The Morgan fingerprint density at radius 1 is 1.17 bits per heavy atom. The number of pyridine rings is 1. The van der Waals surface area contributed by atoms with Gasteiger partial charge in [-0.15, -0.1) is 0 Å². The summed E-state index contributed by atoms with van der Waals surface area (Å²) in [7, 11) is -3.95. The van der Waals surface area contributed by atoms with E-state index in [9.17, 15) is 17.6 Å². The summed E-state index contributed by atoms with van der Waals surface area (Å²) in [5.74, 6) is -0.513. The Morgan fingerprint density at radius 2 is 1.93 bits per heavy atom. The van der Waals surface area contributed by atoms with E-state index < -0.39 is 15.8 Å². The van der Waals surface area contributed by atoms with Gasteiger partial charge in [0, 0.05) is 30.8 Å². The average Bonchev–Trinajstić information content (AvgIpc) is 3.22. The Balaban J connectivity index is 1.72. The predicted molar refractivity (Wildman–Crippen MR) is 112 cm³/mol. The fraction of sp³-hybridized carbons (Fsp3) is 0.318. The van der Waals surface area contributed by atoms with Gasteiger partial charge in [-0.2, -0.15) is 4.31 Å². The van der Waals surface area contributed by atoms with Crippen molar-refractivity contribution >= 4 is 20.9 Å². The Kier molecular flexibility index (Phi) is 5.73. The van der Waals surface area contributed by atoms with Gasteiger partial charge in [0.05, 0.1) is 11.0 Å². The molecule has 1 N–H and O–H groups in total. The highest BCUT2D eigenvalue weighted by Crippen LogP contribution is 2.23. The summed E-state index contributed by atoms with van der Waals surface area (Å²) in [5.41, 5.74) is 1.74. The van der Waals surface area contributed by atoms with Crippen molar-refractivity contribution in [1.82, 2.24) is 9.29 Å². The van der Waals surface area contributed by atoms with Crippen LogP contribution >= 0.6 is 0 Å². The molecule has 30 heavy (non-hydrogen) atoms. The van der Waals surface area contributed by atoms with Gasteiger partial charge in [0.2, 0.25) is 10.0 Å². The molecule has 0 saturated carbocycles. The Labute approximate surface area is 174 Å². The lowest BCUT2D eigenvalue weighted by Gasteiger charge is -2.25. The molecule has 1 aromatic heterocycles. The van der Waals surface area contributed by atoms with Gasteiger partial charge >= 0.3 is 0 Å². The van der Waals surface area contributed by atoms with E-state index in [0.29, 0.717) is 17.7 Å². The van der Waals surface area contributed by atoms with Crippen LogP contribution in [0.15, 0.2) is 58.2 Å². The monoisotopic (exact) mass is 430 g/mol. The predicted octanol–water partition coefficient (Wildman–Crippen LogP) is 3.35. The van der Waals surface area contributed by atoms with Gasteiger partial charge < -0.3 is 9.72 Å². The van der Waals surface area contributed by atoms with Crippen molar-refractivity contribution in [3.8, 4) is 0 Å². The van der Waals surface area contributed by atoms with Crippen LogP contribution < -0.4 is 5.56 Å². The van der Waals surface area contributed by atoms with Crippen LogP contribution in [0, 0.1) is 12.7 Å². The fourth-order valence-electron chi connectivity index (χ4n) is 3.70. The third kappa shape index (κ3) is 4.30. The van der Waals surface area contributed by atoms with E-state index in [1.54, 1.807) is 6.07 Å². The molecule has 0 spiro atoms. The minimum atomic E-state index is -3.95. The van der Waals surface area contributed by atoms with Gasteiger partial charge in [-0.05, 0) is 67.6 Å². The topological polar surface area (TPSA) is 79.5 Å². The van der Waals surface area contributed by atoms with Crippen molar-refractivity contribution in [2.45, 2.75) is 37.3 Å². The molecule has 0 amide bonds. The first-order valence-electron chi connectivity index (χ1n) is 9.83. The number of halogens is 1. The van der Waals surface area contributed by atoms with Crippen molar-refractivity contribution in [2.24, 2.45) is 0 Å².